The first-order valence-electron chi connectivity index (χ1n) is 7.51. The molecule has 24 heavy (non-hydrogen) atoms. The second-order valence-electron chi connectivity index (χ2n) is 5.37. The summed E-state index contributed by atoms with van der Waals surface area (Å²) in [5.41, 5.74) is 2.22. The van der Waals surface area contributed by atoms with Gasteiger partial charge in [0.05, 0.1) is 5.69 Å². The molecule has 0 radical (unpaired) electrons. The van der Waals surface area contributed by atoms with Gasteiger partial charge in [0.2, 0.25) is 5.91 Å². The molecule has 0 aliphatic rings. The number of aromatic nitrogens is 4. The Morgan fingerprint density at radius 2 is 2.04 bits per heavy atom. The lowest BCUT2D eigenvalue weighted by Gasteiger charge is -2.08. The van der Waals surface area contributed by atoms with Crippen molar-refractivity contribution in [1.29, 1.82) is 0 Å². The zero-order valence-electron chi connectivity index (χ0n) is 13.1. The first-order chi connectivity index (χ1) is 11.6. The molecule has 0 unspecified atom stereocenters. The fourth-order valence-corrected chi connectivity index (χ4v) is 2.36. The van der Waals surface area contributed by atoms with Crippen LogP contribution >= 0.6 is 0 Å². The van der Waals surface area contributed by atoms with Gasteiger partial charge in [-0.05, 0) is 59.7 Å². The maximum Gasteiger partial charge on any atom is 0.224 e. The molecular weight excluding hydrogens is 309 g/mol. The summed E-state index contributed by atoms with van der Waals surface area (Å²) in [6, 6.07) is 13.5. The first kappa shape index (κ1) is 15.8. The predicted molar refractivity (Wildman–Crippen MR) is 87.2 cm³/mol. The van der Waals surface area contributed by atoms with Crippen LogP contribution in [0.25, 0.3) is 5.69 Å². The van der Waals surface area contributed by atoms with Gasteiger partial charge in [-0.2, -0.15) is 4.68 Å². The average molecular weight is 325 g/mol. The summed E-state index contributed by atoms with van der Waals surface area (Å²) in [4.78, 5) is 12.1. The minimum absolute atomic E-state index is 0.134. The Morgan fingerprint density at radius 3 is 2.79 bits per heavy atom. The number of nitrogens with one attached hydrogen (secondary N) is 1. The minimum Gasteiger partial charge on any atom is -0.326 e. The third kappa shape index (κ3) is 3.81. The van der Waals surface area contributed by atoms with Gasteiger partial charge in [-0.3, -0.25) is 4.79 Å². The van der Waals surface area contributed by atoms with Crippen LogP contribution < -0.4 is 5.32 Å². The monoisotopic (exact) mass is 325 g/mol. The summed E-state index contributed by atoms with van der Waals surface area (Å²) in [5, 5.41) is 14.2. The van der Waals surface area contributed by atoms with Gasteiger partial charge in [-0.25, -0.2) is 4.39 Å². The minimum atomic E-state index is -0.294. The Labute approximate surface area is 138 Å². The molecule has 122 valence electrons. The van der Waals surface area contributed by atoms with Gasteiger partial charge in [-0.15, -0.1) is 5.10 Å². The molecular formula is C17H16FN5O. The molecule has 0 atom stereocenters. The van der Waals surface area contributed by atoms with Gasteiger partial charge in [0.15, 0.2) is 5.82 Å². The molecule has 2 aromatic carbocycles. The van der Waals surface area contributed by atoms with E-state index < -0.39 is 0 Å². The highest BCUT2D eigenvalue weighted by molar-refractivity contribution is 5.91. The van der Waals surface area contributed by atoms with Crippen LogP contribution in [0.5, 0.6) is 0 Å². The number of hydrogen-bond donors (Lipinski definition) is 1. The van der Waals surface area contributed by atoms with Crippen molar-refractivity contribution in [3.8, 4) is 5.69 Å². The molecule has 3 rings (SSSR count). The topological polar surface area (TPSA) is 72.7 Å². The average Bonchev–Trinajstić information content (AvgIpc) is 2.99. The third-order valence-corrected chi connectivity index (χ3v) is 3.53. The summed E-state index contributed by atoms with van der Waals surface area (Å²) in [6.45, 7) is 1.80. The maximum atomic E-state index is 13.1. The van der Waals surface area contributed by atoms with Crippen LogP contribution in [-0.4, -0.2) is 26.1 Å². The van der Waals surface area contributed by atoms with Crippen LogP contribution in [0.4, 0.5) is 10.1 Å². The fraction of sp³-hybridized carbons (Fsp3) is 0.176. The van der Waals surface area contributed by atoms with E-state index in [1.54, 1.807) is 35.9 Å². The molecule has 7 heteroatoms. The molecule has 0 saturated heterocycles. The van der Waals surface area contributed by atoms with E-state index in [4.69, 9.17) is 0 Å². The lowest BCUT2D eigenvalue weighted by atomic mass is 10.1. The highest BCUT2D eigenvalue weighted by Gasteiger charge is 2.07. The second-order valence-corrected chi connectivity index (χ2v) is 5.37. The molecule has 0 aliphatic heterocycles. The van der Waals surface area contributed by atoms with E-state index in [9.17, 15) is 9.18 Å². The van der Waals surface area contributed by atoms with Crippen LogP contribution in [-0.2, 0) is 11.2 Å². The number of amides is 1. The van der Waals surface area contributed by atoms with Crippen molar-refractivity contribution in [1.82, 2.24) is 20.2 Å². The molecule has 6 nitrogen and oxygen atoms in total. The van der Waals surface area contributed by atoms with Crippen LogP contribution in [0.3, 0.4) is 0 Å². The fourth-order valence-electron chi connectivity index (χ4n) is 2.36. The lowest BCUT2D eigenvalue weighted by Crippen LogP contribution is -2.12. The summed E-state index contributed by atoms with van der Waals surface area (Å²) in [5.74, 6) is 0.229. The van der Waals surface area contributed by atoms with Gasteiger partial charge in [0, 0.05) is 12.1 Å². The SMILES string of the molecule is Cc1nnnn1-c1cccc(NC(=O)CCc2cccc(F)c2)c1. The molecule has 1 amide bonds. The number of nitrogens with zero attached hydrogens (tertiary/aromatic N) is 4. The van der Waals surface area contributed by atoms with E-state index in [1.165, 1.54) is 12.1 Å². The maximum absolute atomic E-state index is 13.1. The number of anilines is 1. The van der Waals surface area contributed by atoms with Gasteiger partial charge >= 0.3 is 0 Å². The molecule has 3 aromatic rings. The normalized spacial score (nSPS) is 10.6. The molecule has 1 aromatic heterocycles. The van der Waals surface area contributed by atoms with Crippen molar-refractivity contribution in [2.24, 2.45) is 0 Å². The highest BCUT2D eigenvalue weighted by atomic mass is 19.1. The van der Waals surface area contributed by atoms with Gasteiger partial charge in [0.25, 0.3) is 0 Å². The largest absolute Gasteiger partial charge is 0.326 e. The van der Waals surface area contributed by atoms with Crippen molar-refractivity contribution in [3.63, 3.8) is 0 Å². The van der Waals surface area contributed by atoms with E-state index in [0.717, 1.165) is 11.3 Å². The Morgan fingerprint density at radius 1 is 1.21 bits per heavy atom. The molecule has 0 bridgehead atoms. The van der Waals surface area contributed by atoms with Gasteiger partial charge in [-0.1, -0.05) is 18.2 Å². The van der Waals surface area contributed by atoms with E-state index >= 15 is 0 Å². The quantitative estimate of drug-likeness (QED) is 0.783. The van der Waals surface area contributed by atoms with Crippen molar-refractivity contribution in [3.05, 3.63) is 65.7 Å². The molecule has 0 saturated carbocycles. The molecule has 0 fully saturated rings. The van der Waals surface area contributed by atoms with Crippen molar-refractivity contribution in [2.75, 3.05) is 5.32 Å². The van der Waals surface area contributed by atoms with E-state index in [1.807, 2.05) is 12.1 Å². The van der Waals surface area contributed by atoms with Crippen molar-refractivity contribution < 1.29 is 9.18 Å². The Hall–Kier alpha value is -3.09. The zero-order valence-corrected chi connectivity index (χ0v) is 13.1. The summed E-state index contributed by atoms with van der Waals surface area (Å²) in [7, 11) is 0. The predicted octanol–water partition coefficient (Wildman–Crippen LogP) is 2.68. The second kappa shape index (κ2) is 6.99. The number of carbonyl (C=O) groups is 1. The molecule has 1 heterocycles. The van der Waals surface area contributed by atoms with Crippen molar-refractivity contribution >= 4 is 11.6 Å². The number of benzene rings is 2. The summed E-state index contributed by atoms with van der Waals surface area (Å²) >= 11 is 0. The first-order valence-corrected chi connectivity index (χ1v) is 7.51. The Kier molecular flexibility index (Phi) is 4.60. The number of tetrazole rings is 1. The van der Waals surface area contributed by atoms with Crippen LogP contribution in [0, 0.1) is 12.7 Å². The van der Waals surface area contributed by atoms with Crippen LogP contribution in [0.2, 0.25) is 0 Å². The van der Waals surface area contributed by atoms with Gasteiger partial charge in [0.1, 0.15) is 5.82 Å². The smallest absolute Gasteiger partial charge is 0.224 e. The van der Waals surface area contributed by atoms with Crippen LogP contribution in [0.1, 0.15) is 17.8 Å². The third-order valence-electron chi connectivity index (χ3n) is 3.53. The van der Waals surface area contributed by atoms with Crippen LogP contribution in [0.15, 0.2) is 48.5 Å². The van der Waals surface area contributed by atoms with E-state index in [0.29, 0.717) is 17.9 Å². The Bertz CT molecular complexity index is 861. The summed E-state index contributed by atoms with van der Waals surface area (Å²) < 4.78 is 14.7. The van der Waals surface area contributed by atoms with Crippen molar-refractivity contribution in [2.45, 2.75) is 19.8 Å². The molecule has 0 aliphatic carbocycles. The molecule has 1 N–H and O–H groups in total. The standard InChI is InChI=1S/C17H16FN5O/c1-12-20-21-22-23(12)16-7-3-6-15(11-16)19-17(24)9-8-13-4-2-5-14(18)10-13/h2-7,10-11H,8-9H2,1H3,(H,19,24). The zero-order chi connectivity index (χ0) is 16.9. The molecule has 0 spiro atoms. The van der Waals surface area contributed by atoms with E-state index in [2.05, 4.69) is 20.8 Å². The number of aryl methyl sites for hydroxylation is 2. The summed E-state index contributed by atoms with van der Waals surface area (Å²) in [6.07, 6.45) is 0.757. The number of hydrogen-bond acceptors (Lipinski definition) is 4. The van der Waals surface area contributed by atoms with E-state index in [-0.39, 0.29) is 18.1 Å². The Balaban J connectivity index is 1.63. The number of rotatable bonds is 5. The lowest BCUT2D eigenvalue weighted by molar-refractivity contribution is -0.116. The van der Waals surface area contributed by atoms with Gasteiger partial charge < -0.3 is 5.32 Å². The number of carbonyl (C=O) groups excluding carboxylic acids is 1. The number of halogens is 1. The highest BCUT2D eigenvalue weighted by Crippen LogP contribution is 2.15.